The van der Waals surface area contributed by atoms with Crippen molar-refractivity contribution >= 4 is 11.9 Å². The van der Waals surface area contributed by atoms with Gasteiger partial charge in [0.1, 0.15) is 0 Å². The lowest BCUT2D eigenvalue weighted by Crippen LogP contribution is -2.47. The van der Waals surface area contributed by atoms with E-state index < -0.39 is 18.1 Å². The van der Waals surface area contributed by atoms with Crippen LogP contribution in [-0.4, -0.2) is 34.2 Å². The molecule has 0 aliphatic carbocycles. The van der Waals surface area contributed by atoms with E-state index in [1.165, 1.54) is 6.92 Å². The van der Waals surface area contributed by atoms with Crippen LogP contribution in [0.15, 0.2) is 60.7 Å². The summed E-state index contributed by atoms with van der Waals surface area (Å²) in [6.45, 7) is 1.49. The minimum atomic E-state index is -1.62. The number of carboxylic acid groups (broad SMARTS) is 1. The molecule has 2 aromatic rings. The van der Waals surface area contributed by atoms with Gasteiger partial charge in [-0.2, -0.15) is 0 Å². The molecular formula is C21H25NO4. The minimum absolute atomic E-state index is 0.238. The zero-order chi connectivity index (χ0) is 18.9. The van der Waals surface area contributed by atoms with Crippen LogP contribution in [0.5, 0.6) is 0 Å². The second-order valence-corrected chi connectivity index (χ2v) is 6.49. The lowest BCUT2D eigenvalue weighted by atomic mass is 9.91. The van der Waals surface area contributed by atoms with Crippen molar-refractivity contribution in [3.63, 3.8) is 0 Å². The van der Waals surface area contributed by atoms with Crippen LogP contribution in [0.3, 0.4) is 0 Å². The number of aliphatic hydroxyl groups is 1. The normalized spacial score (nSPS) is 14.2. The van der Waals surface area contributed by atoms with Crippen LogP contribution in [0.25, 0.3) is 0 Å². The summed E-state index contributed by atoms with van der Waals surface area (Å²) in [7, 11) is 0. The molecule has 5 nitrogen and oxygen atoms in total. The second-order valence-electron chi connectivity index (χ2n) is 6.49. The van der Waals surface area contributed by atoms with E-state index in [-0.39, 0.29) is 11.8 Å². The Morgan fingerprint density at radius 3 is 2.04 bits per heavy atom. The van der Waals surface area contributed by atoms with Crippen molar-refractivity contribution in [2.24, 2.45) is 5.92 Å². The lowest BCUT2D eigenvalue weighted by Gasteiger charge is -2.22. The highest BCUT2D eigenvalue weighted by atomic mass is 16.4. The molecule has 0 spiro atoms. The number of amides is 1. The fourth-order valence-electron chi connectivity index (χ4n) is 2.85. The number of aliphatic carboxylic acids is 1. The molecule has 2 aromatic carbocycles. The number of benzene rings is 2. The molecule has 2 rings (SSSR count). The Labute approximate surface area is 153 Å². The van der Waals surface area contributed by atoms with Gasteiger partial charge in [-0.25, -0.2) is 4.79 Å². The third-order valence-corrected chi connectivity index (χ3v) is 4.42. The molecule has 0 heterocycles. The number of hydrogen-bond donors (Lipinski definition) is 3. The maximum Gasteiger partial charge on any atom is 0.334 e. The number of rotatable bonds is 9. The van der Waals surface area contributed by atoms with Gasteiger partial charge in [-0.05, 0) is 37.3 Å². The molecule has 3 N–H and O–H groups in total. The van der Waals surface area contributed by atoms with E-state index in [0.29, 0.717) is 12.8 Å². The van der Waals surface area contributed by atoms with Gasteiger partial charge in [-0.15, -0.1) is 0 Å². The van der Waals surface area contributed by atoms with Crippen LogP contribution in [0.1, 0.15) is 24.5 Å². The Balaban J connectivity index is 2.05. The highest BCUT2D eigenvalue weighted by Crippen LogP contribution is 2.17. The highest BCUT2D eigenvalue weighted by molar-refractivity contribution is 5.81. The largest absolute Gasteiger partial charge is 0.479 e. The Kier molecular flexibility index (Phi) is 7.36. The molecule has 0 aliphatic rings. The first kappa shape index (κ1) is 19.7. The van der Waals surface area contributed by atoms with Crippen molar-refractivity contribution in [1.29, 1.82) is 0 Å². The Bertz CT molecular complexity index is 702. The van der Waals surface area contributed by atoms with Gasteiger partial charge < -0.3 is 15.5 Å². The summed E-state index contributed by atoms with van der Waals surface area (Å²) in [5, 5.41) is 21.1. The molecule has 3 unspecified atom stereocenters. The van der Waals surface area contributed by atoms with E-state index in [9.17, 15) is 14.7 Å². The molecule has 0 saturated carbocycles. The average Bonchev–Trinajstić information content (AvgIpc) is 2.65. The van der Waals surface area contributed by atoms with Crippen molar-refractivity contribution in [2.75, 3.05) is 0 Å². The van der Waals surface area contributed by atoms with Gasteiger partial charge in [-0.3, -0.25) is 4.79 Å². The van der Waals surface area contributed by atoms with Crippen LogP contribution in [-0.2, 0) is 22.4 Å². The zero-order valence-corrected chi connectivity index (χ0v) is 14.8. The maximum absolute atomic E-state index is 12.7. The summed E-state index contributed by atoms with van der Waals surface area (Å²) >= 11 is 0. The smallest absolute Gasteiger partial charge is 0.334 e. The first-order chi connectivity index (χ1) is 12.5. The number of aliphatic hydroxyl groups excluding tert-OH is 1. The zero-order valence-electron chi connectivity index (χ0n) is 14.8. The van der Waals surface area contributed by atoms with Crippen molar-refractivity contribution in [3.8, 4) is 0 Å². The monoisotopic (exact) mass is 355 g/mol. The molecule has 0 radical (unpaired) electrons. The third-order valence-electron chi connectivity index (χ3n) is 4.42. The number of nitrogens with one attached hydrogen (secondary N) is 1. The molecule has 0 bridgehead atoms. The van der Waals surface area contributed by atoms with Crippen LogP contribution >= 0.6 is 0 Å². The summed E-state index contributed by atoms with van der Waals surface area (Å²) in [6.07, 6.45) is 0.336. The van der Waals surface area contributed by atoms with E-state index in [1.54, 1.807) is 0 Å². The molecular weight excluding hydrogens is 330 g/mol. The molecule has 0 saturated heterocycles. The average molecular weight is 355 g/mol. The van der Waals surface area contributed by atoms with Gasteiger partial charge >= 0.3 is 5.97 Å². The summed E-state index contributed by atoms with van der Waals surface area (Å²) in [4.78, 5) is 23.6. The second kappa shape index (κ2) is 9.73. The predicted molar refractivity (Wildman–Crippen MR) is 99.6 cm³/mol. The number of carbonyl (C=O) groups is 2. The van der Waals surface area contributed by atoms with Crippen molar-refractivity contribution in [2.45, 2.75) is 38.3 Å². The molecule has 5 heteroatoms. The molecule has 138 valence electrons. The van der Waals surface area contributed by atoms with Crippen LogP contribution in [0.2, 0.25) is 0 Å². The van der Waals surface area contributed by atoms with Crippen LogP contribution < -0.4 is 5.32 Å². The molecule has 0 aromatic heterocycles. The van der Waals surface area contributed by atoms with Gasteiger partial charge in [0.15, 0.2) is 6.10 Å². The topological polar surface area (TPSA) is 86.6 Å². The molecule has 1 amide bonds. The fourth-order valence-corrected chi connectivity index (χ4v) is 2.85. The predicted octanol–water partition coefficient (Wildman–Crippen LogP) is 2.43. The molecule has 0 aliphatic heterocycles. The summed E-state index contributed by atoms with van der Waals surface area (Å²) in [5.74, 6) is -1.89. The van der Waals surface area contributed by atoms with Crippen LogP contribution in [0.4, 0.5) is 0 Å². The highest BCUT2D eigenvalue weighted by Gasteiger charge is 2.26. The van der Waals surface area contributed by atoms with E-state index in [0.717, 1.165) is 17.5 Å². The van der Waals surface area contributed by atoms with Gasteiger partial charge in [0.2, 0.25) is 5.91 Å². The van der Waals surface area contributed by atoms with Gasteiger partial charge in [-0.1, -0.05) is 60.7 Å². The van der Waals surface area contributed by atoms with Gasteiger partial charge in [0.05, 0.1) is 6.04 Å². The molecule has 26 heavy (non-hydrogen) atoms. The standard InChI is InChI=1S/C21H25NO4/c1-15(19(23)21(25)26)22-20(24)18(14-17-10-6-3-7-11-17)13-12-16-8-4-2-5-9-16/h2-11,15,18-19,23H,12-14H2,1H3,(H,22,24)(H,25,26). The van der Waals surface area contributed by atoms with Crippen LogP contribution in [0, 0.1) is 5.92 Å². The summed E-state index contributed by atoms with van der Waals surface area (Å²) in [6, 6.07) is 18.8. The quantitative estimate of drug-likeness (QED) is 0.645. The van der Waals surface area contributed by atoms with E-state index in [2.05, 4.69) is 5.32 Å². The SMILES string of the molecule is CC(NC(=O)C(CCc1ccccc1)Cc1ccccc1)C(O)C(=O)O. The fraction of sp³-hybridized carbons (Fsp3) is 0.333. The minimum Gasteiger partial charge on any atom is -0.479 e. The lowest BCUT2D eigenvalue weighted by molar-refractivity contribution is -0.148. The van der Waals surface area contributed by atoms with Gasteiger partial charge in [0, 0.05) is 5.92 Å². The van der Waals surface area contributed by atoms with E-state index in [1.807, 2.05) is 60.7 Å². The Morgan fingerprint density at radius 2 is 1.50 bits per heavy atom. The van der Waals surface area contributed by atoms with Crippen molar-refractivity contribution in [1.82, 2.24) is 5.32 Å². The third kappa shape index (κ3) is 6.01. The maximum atomic E-state index is 12.7. The van der Waals surface area contributed by atoms with Crippen molar-refractivity contribution < 1.29 is 19.8 Å². The first-order valence-corrected chi connectivity index (χ1v) is 8.76. The van der Waals surface area contributed by atoms with E-state index in [4.69, 9.17) is 5.11 Å². The molecule has 3 atom stereocenters. The summed E-state index contributed by atoms with van der Waals surface area (Å²) < 4.78 is 0. The number of hydrogen-bond acceptors (Lipinski definition) is 3. The Hall–Kier alpha value is -2.66. The number of carboxylic acids is 1. The van der Waals surface area contributed by atoms with Crippen molar-refractivity contribution in [3.05, 3.63) is 71.8 Å². The molecule has 0 fully saturated rings. The van der Waals surface area contributed by atoms with Gasteiger partial charge in [0.25, 0.3) is 0 Å². The summed E-state index contributed by atoms with van der Waals surface area (Å²) in [5.41, 5.74) is 2.20. The van der Waals surface area contributed by atoms with E-state index >= 15 is 0 Å². The first-order valence-electron chi connectivity index (χ1n) is 8.76. The Morgan fingerprint density at radius 1 is 0.962 bits per heavy atom. The number of carbonyl (C=O) groups excluding carboxylic acids is 1. The number of aryl methyl sites for hydroxylation is 1.